The summed E-state index contributed by atoms with van der Waals surface area (Å²) in [7, 11) is 0. The van der Waals surface area contributed by atoms with E-state index in [1.807, 2.05) is 53.9 Å². The van der Waals surface area contributed by atoms with Gasteiger partial charge in [-0.15, -0.1) is 0 Å². The van der Waals surface area contributed by atoms with Crippen LogP contribution in [0.5, 0.6) is 0 Å². The number of carbonyl (C=O) groups excluding carboxylic acids is 1. The zero-order valence-electron chi connectivity index (χ0n) is 13.7. The Morgan fingerprint density at radius 1 is 1.35 bits per heavy atom. The van der Waals surface area contributed by atoms with Gasteiger partial charge in [-0.2, -0.15) is 5.10 Å². The fourth-order valence-corrected chi connectivity index (χ4v) is 3.20. The lowest BCUT2D eigenvalue weighted by Gasteiger charge is -2.36. The summed E-state index contributed by atoms with van der Waals surface area (Å²) in [5.41, 5.74) is 2.18. The van der Waals surface area contributed by atoms with Gasteiger partial charge in [-0.05, 0) is 37.5 Å². The van der Waals surface area contributed by atoms with Crippen molar-refractivity contribution in [3.05, 3.63) is 48.3 Å². The molecule has 5 nitrogen and oxygen atoms in total. The average molecular weight is 313 g/mol. The minimum Gasteiger partial charge on any atom is -0.369 e. The number of hydrogen-bond acceptors (Lipinski definition) is 3. The number of rotatable bonds is 5. The predicted octanol–water partition coefficient (Wildman–Crippen LogP) is 2.83. The zero-order chi connectivity index (χ0) is 16.2. The minimum atomic E-state index is -0.385. The Morgan fingerprint density at radius 2 is 2.17 bits per heavy atom. The van der Waals surface area contributed by atoms with Gasteiger partial charge in [0.1, 0.15) is 6.10 Å². The van der Waals surface area contributed by atoms with Gasteiger partial charge in [0.2, 0.25) is 0 Å². The molecule has 0 saturated heterocycles. The van der Waals surface area contributed by atoms with E-state index in [2.05, 4.69) is 11.2 Å². The standard InChI is InChI=1S/C18H23N3O2/c1-3-17(23-4-2)18(22)20-13-15(21-11-7-10-19-21)12-14-8-5-6-9-16(14)20/h5-11,15,17H,3-4,12-13H2,1-2H3/t15-,17+/m0/s1. The molecule has 0 N–H and O–H groups in total. The molecule has 1 amide bonds. The highest BCUT2D eigenvalue weighted by molar-refractivity contribution is 5.97. The summed E-state index contributed by atoms with van der Waals surface area (Å²) in [5.74, 6) is 0.0404. The highest BCUT2D eigenvalue weighted by atomic mass is 16.5. The van der Waals surface area contributed by atoms with Crippen LogP contribution >= 0.6 is 0 Å². The van der Waals surface area contributed by atoms with E-state index in [0.717, 1.165) is 12.1 Å². The van der Waals surface area contributed by atoms with E-state index >= 15 is 0 Å². The molecule has 0 fully saturated rings. The Labute approximate surface area is 136 Å². The van der Waals surface area contributed by atoms with Crippen LogP contribution in [-0.2, 0) is 16.0 Å². The Morgan fingerprint density at radius 3 is 2.87 bits per heavy atom. The molecule has 122 valence electrons. The molecule has 1 aliphatic heterocycles. The lowest BCUT2D eigenvalue weighted by atomic mass is 9.97. The van der Waals surface area contributed by atoms with E-state index < -0.39 is 0 Å². The van der Waals surface area contributed by atoms with Crippen LogP contribution in [-0.4, -0.2) is 34.9 Å². The first kappa shape index (κ1) is 15.7. The van der Waals surface area contributed by atoms with Crippen LogP contribution in [0.3, 0.4) is 0 Å². The van der Waals surface area contributed by atoms with Crippen molar-refractivity contribution in [2.45, 2.75) is 38.8 Å². The smallest absolute Gasteiger partial charge is 0.256 e. The van der Waals surface area contributed by atoms with Crippen LogP contribution in [0.4, 0.5) is 5.69 Å². The Kier molecular flexibility index (Phi) is 4.76. The number of ether oxygens (including phenoxy) is 1. The largest absolute Gasteiger partial charge is 0.369 e. The molecule has 0 spiro atoms. The van der Waals surface area contributed by atoms with Crippen molar-refractivity contribution < 1.29 is 9.53 Å². The maximum atomic E-state index is 13.0. The maximum absolute atomic E-state index is 13.0. The summed E-state index contributed by atoms with van der Waals surface area (Å²) in [6.45, 7) is 5.08. The van der Waals surface area contributed by atoms with Crippen LogP contribution in [0.1, 0.15) is 31.9 Å². The predicted molar refractivity (Wildman–Crippen MR) is 89.5 cm³/mol. The SMILES string of the molecule is CCO[C@H](CC)C(=O)N1C[C@@H](n2cccn2)Cc2ccccc21. The normalized spacial score (nSPS) is 18.5. The molecule has 5 heteroatoms. The maximum Gasteiger partial charge on any atom is 0.256 e. The van der Waals surface area contributed by atoms with Crippen molar-refractivity contribution in [1.82, 2.24) is 9.78 Å². The monoisotopic (exact) mass is 313 g/mol. The van der Waals surface area contributed by atoms with Crippen molar-refractivity contribution in [3.8, 4) is 0 Å². The summed E-state index contributed by atoms with van der Waals surface area (Å²) in [6, 6.07) is 10.2. The molecule has 0 radical (unpaired) electrons. The van der Waals surface area contributed by atoms with Crippen LogP contribution in [0, 0.1) is 0 Å². The number of carbonyl (C=O) groups is 1. The summed E-state index contributed by atoms with van der Waals surface area (Å²) in [4.78, 5) is 14.8. The van der Waals surface area contributed by atoms with Crippen molar-refractivity contribution in [3.63, 3.8) is 0 Å². The number of aromatic nitrogens is 2. The molecule has 1 aliphatic rings. The zero-order valence-corrected chi connectivity index (χ0v) is 13.7. The van der Waals surface area contributed by atoms with Crippen LogP contribution in [0.25, 0.3) is 0 Å². The van der Waals surface area contributed by atoms with Crippen LogP contribution in [0.2, 0.25) is 0 Å². The fraction of sp³-hybridized carbons (Fsp3) is 0.444. The third-order valence-corrected chi connectivity index (χ3v) is 4.31. The topological polar surface area (TPSA) is 47.4 Å². The van der Waals surface area contributed by atoms with Gasteiger partial charge in [-0.3, -0.25) is 9.48 Å². The van der Waals surface area contributed by atoms with Gasteiger partial charge in [0.25, 0.3) is 5.91 Å². The summed E-state index contributed by atoms with van der Waals surface area (Å²) >= 11 is 0. The highest BCUT2D eigenvalue weighted by Crippen LogP contribution is 2.32. The number of anilines is 1. The number of hydrogen-bond donors (Lipinski definition) is 0. The van der Waals surface area contributed by atoms with Crippen molar-refractivity contribution >= 4 is 11.6 Å². The van der Waals surface area contributed by atoms with E-state index in [9.17, 15) is 4.79 Å². The molecule has 1 aromatic carbocycles. The summed E-state index contributed by atoms with van der Waals surface area (Å²) < 4.78 is 7.58. The lowest BCUT2D eigenvalue weighted by Crippen LogP contribution is -2.46. The first-order valence-corrected chi connectivity index (χ1v) is 8.24. The average Bonchev–Trinajstić information content (AvgIpc) is 3.12. The molecule has 2 aromatic rings. The second-order valence-electron chi connectivity index (χ2n) is 5.77. The van der Waals surface area contributed by atoms with Gasteiger partial charge < -0.3 is 9.64 Å². The summed E-state index contributed by atoms with van der Waals surface area (Å²) in [5, 5.41) is 4.36. The molecule has 3 rings (SSSR count). The third-order valence-electron chi connectivity index (χ3n) is 4.31. The van der Waals surface area contributed by atoms with Gasteiger partial charge in [0, 0.05) is 31.2 Å². The van der Waals surface area contributed by atoms with Crippen LogP contribution in [0.15, 0.2) is 42.7 Å². The number of fused-ring (bicyclic) bond motifs is 1. The second-order valence-corrected chi connectivity index (χ2v) is 5.77. The molecular weight excluding hydrogens is 290 g/mol. The van der Waals surface area contributed by atoms with E-state index in [0.29, 0.717) is 19.6 Å². The van der Waals surface area contributed by atoms with Gasteiger partial charge in [0.05, 0.1) is 6.04 Å². The lowest BCUT2D eigenvalue weighted by molar-refractivity contribution is -0.130. The van der Waals surface area contributed by atoms with Gasteiger partial charge in [0.15, 0.2) is 0 Å². The van der Waals surface area contributed by atoms with Crippen LogP contribution < -0.4 is 4.90 Å². The molecular formula is C18H23N3O2. The van der Waals surface area contributed by atoms with E-state index in [-0.39, 0.29) is 18.1 Å². The van der Waals surface area contributed by atoms with E-state index in [4.69, 9.17) is 4.74 Å². The Bertz CT molecular complexity index is 654. The molecule has 0 saturated carbocycles. The second kappa shape index (κ2) is 6.96. The molecule has 23 heavy (non-hydrogen) atoms. The molecule has 0 bridgehead atoms. The Balaban J connectivity index is 1.92. The van der Waals surface area contributed by atoms with Crippen molar-refractivity contribution in [2.24, 2.45) is 0 Å². The van der Waals surface area contributed by atoms with Crippen molar-refractivity contribution in [2.75, 3.05) is 18.1 Å². The minimum absolute atomic E-state index is 0.0404. The van der Waals surface area contributed by atoms with Gasteiger partial charge in [-0.1, -0.05) is 25.1 Å². The van der Waals surface area contributed by atoms with E-state index in [1.165, 1.54) is 5.56 Å². The quantitative estimate of drug-likeness (QED) is 0.853. The van der Waals surface area contributed by atoms with Crippen molar-refractivity contribution in [1.29, 1.82) is 0 Å². The first-order chi connectivity index (χ1) is 11.2. The van der Waals surface area contributed by atoms with E-state index in [1.54, 1.807) is 6.20 Å². The molecule has 0 aliphatic carbocycles. The molecule has 1 aromatic heterocycles. The molecule has 0 unspecified atom stereocenters. The summed E-state index contributed by atoms with van der Waals surface area (Å²) in [6.07, 6.45) is 4.91. The highest BCUT2D eigenvalue weighted by Gasteiger charge is 2.32. The number of nitrogens with zero attached hydrogens (tertiary/aromatic N) is 3. The molecule has 2 heterocycles. The Hall–Kier alpha value is -2.14. The van der Waals surface area contributed by atoms with Gasteiger partial charge in [-0.25, -0.2) is 0 Å². The first-order valence-electron chi connectivity index (χ1n) is 8.24. The number of benzene rings is 1. The van der Waals surface area contributed by atoms with Gasteiger partial charge >= 0.3 is 0 Å². The third kappa shape index (κ3) is 3.15. The fourth-order valence-electron chi connectivity index (χ4n) is 3.20. The number of amides is 1. The molecule has 2 atom stereocenters. The number of para-hydroxylation sites is 1.